The summed E-state index contributed by atoms with van der Waals surface area (Å²) >= 11 is 0. The zero-order valence-corrected chi connectivity index (χ0v) is 16.0. The fourth-order valence-electron chi connectivity index (χ4n) is 3.42. The Labute approximate surface area is 164 Å². The van der Waals surface area contributed by atoms with Crippen molar-refractivity contribution in [3.05, 3.63) is 65.5 Å². The minimum atomic E-state index is -0.508. The molecule has 1 aliphatic rings. The van der Waals surface area contributed by atoms with Gasteiger partial charge in [-0.15, -0.1) is 0 Å². The summed E-state index contributed by atoms with van der Waals surface area (Å²) in [5.41, 5.74) is 1.22. The van der Waals surface area contributed by atoms with Crippen molar-refractivity contribution in [2.24, 2.45) is 5.92 Å². The molecular formula is C22H25FN2O3. The maximum absolute atomic E-state index is 13.8. The number of likely N-dealkylation sites (tertiary alicyclic amines) is 1. The summed E-state index contributed by atoms with van der Waals surface area (Å²) in [6, 6.07) is 13.8. The van der Waals surface area contributed by atoms with Crippen molar-refractivity contribution in [3.8, 4) is 5.75 Å². The highest BCUT2D eigenvalue weighted by Crippen LogP contribution is 2.20. The van der Waals surface area contributed by atoms with Gasteiger partial charge >= 0.3 is 0 Å². The highest BCUT2D eigenvalue weighted by molar-refractivity contribution is 5.94. The van der Waals surface area contributed by atoms with Crippen LogP contribution >= 0.6 is 0 Å². The number of ether oxygens (including phenoxy) is 1. The van der Waals surface area contributed by atoms with Crippen LogP contribution in [0.5, 0.6) is 5.75 Å². The van der Waals surface area contributed by atoms with Gasteiger partial charge in [0.05, 0.1) is 12.7 Å². The zero-order valence-electron chi connectivity index (χ0n) is 16.0. The lowest BCUT2D eigenvalue weighted by Gasteiger charge is -2.31. The van der Waals surface area contributed by atoms with Gasteiger partial charge in [-0.1, -0.05) is 24.3 Å². The lowest BCUT2D eigenvalue weighted by Crippen LogP contribution is -2.43. The monoisotopic (exact) mass is 384 g/mol. The molecule has 1 saturated heterocycles. The molecule has 1 heterocycles. The van der Waals surface area contributed by atoms with Crippen LogP contribution in [0.1, 0.15) is 28.8 Å². The number of benzene rings is 2. The minimum absolute atomic E-state index is 0.0199. The van der Waals surface area contributed by atoms with Crippen molar-refractivity contribution in [2.45, 2.75) is 19.3 Å². The fraction of sp³-hybridized carbons (Fsp3) is 0.364. The summed E-state index contributed by atoms with van der Waals surface area (Å²) in [5.74, 6) is -0.0983. The summed E-state index contributed by atoms with van der Waals surface area (Å²) in [4.78, 5) is 26.5. The Morgan fingerprint density at radius 1 is 1.11 bits per heavy atom. The first-order valence-electron chi connectivity index (χ1n) is 9.53. The first-order valence-corrected chi connectivity index (χ1v) is 9.53. The van der Waals surface area contributed by atoms with Crippen molar-refractivity contribution >= 4 is 11.8 Å². The number of piperidine rings is 1. The van der Waals surface area contributed by atoms with Crippen LogP contribution in [0.3, 0.4) is 0 Å². The van der Waals surface area contributed by atoms with Gasteiger partial charge in [0.2, 0.25) is 5.91 Å². The van der Waals surface area contributed by atoms with E-state index in [9.17, 15) is 14.0 Å². The van der Waals surface area contributed by atoms with Gasteiger partial charge in [0.1, 0.15) is 11.6 Å². The second kappa shape index (κ2) is 9.35. The Morgan fingerprint density at radius 3 is 2.43 bits per heavy atom. The van der Waals surface area contributed by atoms with E-state index in [2.05, 4.69) is 5.32 Å². The topological polar surface area (TPSA) is 58.6 Å². The van der Waals surface area contributed by atoms with Crippen LogP contribution < -0.4 is 10.1 Å². The van der Waals surface area contributed by atoms with E-state index in [-0.39, 0.29) is 23.3 Å². The molecule has 28 heavy (non-hydrogen) atoms. The van der Waals surface area contributed by atoms with Crippen LogP contribution in [-0.2, 0) is 11.2 Å². The molecule has 0 unspecified atom stereocenters. The maximum Gasteiger partial charge on any atom is 0.256 e. The summed E-state index contributed by atoms with van der Waals surface area (Å²) in [6.45, 7) is 1.49. The summed E-state index contributed by atoms with van der Waals surface area (Å²) < 4.78 is 18.9. The normalized spacial score (nSPS) is 14.6. The fourth-order valence-corrected chi connectivity index (χ4v) is 3.42. The predicted octanol–water partition coefficient (Wildman–Crippen LogP) is 3.05. The zero-order chi connectivity index (χ0) is 19.9. The molecule has 0 saturated carbocycles. The molecule has 6 heteroatoms. The number of amides is 2. The molecule has 2 amide bonds. The van der Waals surface area contributed by atoms with E-state index in [1.165, 1.54) is 12.1 Å². The Bertz CT molecular complexity index is 815. The Kier molecular flexibility index (Phi) is 6.63. The van der Waals surface area contributed by atoms with Crippen molar-refractivity contribution < 1.29 is 18.7 Å². The van der Waals surface area contributed by atoms with Gasteiger partial charge in [0.25, 0.3) is 5.91 Å². The number of nitrogens with one attached hydrogen (secondary N) is 1. The van der Waals surface area contributed by atoms with Crippen molar-refractivity contribution in [1.29, 1.82) is 0 Å². The van der Waals surface area contributed by atoms with E-state index >= 15 is 0 Å². The molecular weight excluding hydrogens is 359 g/mol. The molecule has 0 aromatic heterocycles. The molecule has 2 aromatic rings. The van der Waals surface area contributed by atoms with Crippen LogP contribution in [0.2, 0.25) is 0 Å². The first kappa shape index (κ1) is 19.9. The molecule has 1 N–H and O–H groups in total. The molecule has 1 fully saturated rings. The lowest BCUT2D eigenvalue weighted by atomic mass is 9.95. The molecule has 0 aliphatic carbocycles. The van der Waals surface area contributed by atoms with Gasteiger partial charge in [0, 0.05) is 25.6 Å². The number of carbonyl (C=O) groups is 2. The van der Waals surface area contributed by atoms with Crippen LogP contribution in [0, 0.1) is 11.7 Å². The van der Waals surface area contributed by atoms with E-state index in [4.69, 9.17) is 4.74 Å². The third kappa shape index (κ3) is 4.88. The van der Waals surface area contributed by atoms with E-state index in [0.29, 0.717) is 32.5 Å². The average molecular weight is 384 g/mol. The Balaban J connectivity index is 1.43. The van der Waals surface area contributed by atoms with E-state index < -0.39 is 5.82 Å². The molecule has 5 nitrogen and oxygen atoms in total. The number of halogens is 1. The van der Waals surface area contributed by atoms with Crippen molar-refractivity contribution in [2.75, 3.05) is 26.7 Å². The van der Waals surface area contributed by atoms with Gasteiger partial charge in [-0.25, -0.2) is 4.39 Å². The van der Waals surface area contributed by atoms with Gasteiger partial charge < -0.3 is 15.0 Å². The van der Waals surface area contributed by atoms with Crippen LogP contribution in [-0.4, -0.2) is 43.5 Å². The summed E-state index contributed by atoms with van der Waals surface area (Å²) in [5, 5.41) is 2.98. The quantitative estimate of drug-likeness (QED) is 0.833. The molecule has 0 radical (unpaired) electrons. The van der Waals surface area contributed by atoms with Crippen LogP contribution in [0.4, 0.5) is 4.39 Å². The first-order chi connectivity index (χ1) is 13.6. The van der Waals surface area contributed by atoms with Crippen molar-refractivity contribution in [3.63, 3.8) is 0 Å². The standard InChI is InChI=1S/C22H25FN2O3/c1-28-18-8-6-16(7-9-18)10-13-24-21(26)17-11-14-25(15-12-17)22(27)19-4-2-3-5-20(19)23/h2-9,17H,10-15H2,1H3,(H,24,26). The highest BCUT2D eigenvalue weighted by Gasteiger charge is 2.28. The smallest absolute Gasteiger partial charge is 0.256 e. The average Bonchev–Trinajstić information content (AvgIpc) is 2.74. The molecule has 0 atom stereocenters. The highest BCUT2D eigenvalue weighted by atomic mass is 19.1. The van der Waals surface area contributed by atoms with E-state index in [1.807, 2.05) is 24.3 Å². The maximum atomic E-state index is 13.8. The number of hydrogen-bond acceptors (Lipinski definition) is 3. The summed E-state index contributed by atoms with van der Waals surface area (Å²) in [7, 11) is 1.63. The SMILES string of the molecule is COc1ccc(CCNC(=O)C2CCN(C(=O)c3ccccc3F)CC2)cc1. The molecule has 1 aliphatic heterocycles. The molecule has 0 spiro atoms. The third-order valence-corrected chi connectivity index (χ3v) is 5.13. The number of rotatable bonds is 6. The van der Waals surface area contributed by atoms with E-state index in [0.717, 1.165) is 17.7 Å². The van der Waals surface area contributed by atoms with Gasteiger partial charge in [-0.05, 0) is 49.1 Å². The second-order valence-electron chi connectivity index (χ2n) is 6.94. The lowest BCUT2D eigenvalue weighted by molar-refractivity contribution is -0.126. The van der Waals surface area contributed by atoms with Crippen LogP contribution in [0.15, 0.2) is 48.5 Å². The molecule has 3 rings (SSSR count). The number of carbonyl (C=O) groups excluding carboxylic acids is 2. The number of hydrogen-bond donors (Lipinski definition) is 1. The van der Waals surface area contributed by atoms with Gasteiger partial charge in [-0.2, -0.15) is 0 Å². The van der Waals surface area contributed by atoms with Crippen LogP contribution in [0.25, 0.3) is 0 Å². The Morgan fingerprint density at radius 2 is 1.79 bits per heavy atom. The Hall–Kier alpha value is -2.89. The third-order valence-electron chi connectivity index (χ3n) is 5.13. The number of nitrogens with zero attached hydrogens (tertiary/aromatic N) is 1. The van der Waals surface area contributed by atoms with E-state index in [1.54, 1.807) is 24.1 Å². The van der Waals surface area contributed by atoms with Crippen molar-refractivity contribution in [1.82, 2.24) is 10.2 Å². The predicted molar refractivity (Wildman–Crippen MR) is 105 cm³/mol. The number of methoxy groups -OCH3 is 1. The summed E-state index contributed by atoms with van der Waals surface area (Å²) in [6.07, 6.45) is 1.93. The molecule has 2 aromatic carbocycles. The van der Waals surface area contributed by atoms with Gasteiger partial charge in [0.15, 0.2) is 0 Å². The minimum Gasteiger partial charge on any atom is -0.497 e. The molecule has 0 bridgehead atoms. The second-order valence-corrected chi connectivity index (χ2v) is 6.94. The van der Waals surface area contributed by atoms with Gasteiger partial charge in [-0.3, -0.25) is 9.59 Å². The largest absolute Gasteiger partial charge is 0.497 e. The molecule has 148 valence electrons.